The van der Waals surface area contributed by atoms with Crippen molar-refractivity contribution in [2.24, 2.45) is 5.92 Å². The first-order valence-electron chi connectivity index (χ1n) is 11.4. The Morgan fingerprint density at radius 1 is 1.14 bits per heavy atom. The predicted octanol–water partition coefficient (Wildman–Crippen LogP) is 1.68. The number of nitrogens with zero attached hydrogens (tertiary/aromatic N) is 6. The quantitative estimate of drug-likeness (QED) is 0.539. The molecule has 0 aliphatic carbocycles. The summed E-state index contributed by atoms with van der Waals surface area (Å²) in [5.74, 6) is -0.405. The Labute approximate surface area is 206 Å². The van der Waals surface area contributed by atoms with Gasteiger partial charge in [0.15, 0.2) is 0 Å². The molecule has 4 heterocycles. The van der Waals surface area contributed by atoms with E-state index in [1.807, 2.05) is 4.90 Å². The van der Waals surface area contributed by atoms with Crippen molar-refractivity contribution in [3.05, 3.63) is 40.1 Å². The fourth-order valence-corrected chi connectivity index (χ4v) is 4.41. The number of likely N-dealkylation sites (tertiary alicyclic amines) is 1. The maximum Gasteiger partial charge on any atom is 0.433 e. The monoisotopic (exact) mass is 534 g/mol. The summed E-state index contributed by atoms with van der Waals surface area (Å²) in [6, 6.07) is 0.338. The number of halogens is 6. The summed E-state index contributed by atoms with van der Waals surface area (Å²) in [7, 11) is 0. The third-order valence-corrected chi connectivity index (χ3v) is 6.19. The Hall–Kier alpha value is -3.43. The second-order valence-electron chi connectivity index (χ2n) is 9.00. The van der Waals surface area contributed by atoms with E-state index in [1.54, 1.807) is 21.8 Å². The number of hydrogen-bond donors (Lipinski definition) is 2. The Bertz CT molecular complexity index is 1170. The molecule has 202 valence electrons. The van der Waals surface area contributed by atoms with Crippen LogP contribution in [0.3, 0.4) is 0 Å². The lowest BCUT2D eigenvalue weighted by atomic mass is 9.97. The van der Waals surface area contributed by atoms with Crippen molar-refractivity contribution in [2.75, 3.05) is 56.0 Å². The van der Waals surface area contributed by atoms with E-state index in [4.69, 9.17) is 0 Å². The smallest absolute Gasteiger partial charge is 0.379 e. The van der Waals surface area contributed by atoms with Crippen LogP contribution in [-0.4, -0.2) is 87.7 Å². The fraction of sp³-hybridized carbons (Fsp3) is 0.571. The highest BCUT2D eigenvalue weighted by Crippen LogP contribution is 2.32. The molecule has 0 saturated carbocycles. The van der Waals surface area contributed by atoms with E-state index in [0.29, 0.717) is 32.7 Å². The van der Waals surface area contributed by atoms with Gasteiger partial charge < -0.3 is 15.1 Å². The van der Waals surface area contributed by atoms with Crippen molar-refractivity contribution < 1.29 is 31.1 Å². The number of rotatable bonds is 6. The zero-order valence-corrected chi connectivity index (χ0v) is 19.6. The number of hydrogen-bond acceptors (Lipinski definition) is 8. The Kier molecular flexibility index (Phi) is 7.30. The highest BCUT2D eigenvalue weighted by atomic mass is 19.4. The second kappa shape index (κ2) is 10.1. The highest BCUT2D eigenvalue weighted by molar-refractivity contribution is 5.80. The first-order valence-corrected chi connectivity index (χ1v) is 11.4. The molecule has 2 aliphatic rings. The molecule has 16 heteroatoms. The van der Waals surface area contributed by atoms with Gasteiger partial charge in [-0.15, -0.1) is 0 Å². The molecular weight excluding hydrogens is 510 g/mol. The van der Waals surface area contributed by atoms with Gasteiger partial charge in [-0.1, -0.05) is 0 Å². The van der Waals surface area contributed by atoms with Gasteiger partial charge >= 0.3 is 12.4 Å². The van der Waals surface area contributed by atoms with Crippen molar-refractivity contribution in [2.45, 2.75) is 25.3 Å². The van der Waals surface area contributed by atoms with Gasteiger partial charge in [-0.25, -0.2) is 15.1 Å². The van der Waals surface area contributed by atoms with Crippen molar-refractivity contribution in [3.8, 4) is 0 Å². The molecular formula is C21H24F6N8O2. The van der Waals surface area contributed by atoms with Crippen LogP contribution in [-0.2, 0) is 17.1 Å². The number of carbonyl (C=O) groups excluding carboxylic acids is 1. The molecule has 0 spiro atoms. The second-order valence-corrected chi connectivity index (χ2v) is 9.00. The number of aromatic nitrogens is 4. The molecule has 4 rings (SSSR count). The van der Waals surface area contributed by atoms with Crippen molar-refractivity contribution in [1.82, 2.24) is 30.0 Å². The number of anilines is 2. The molecule has 0 radical (unpaired) electrons. The van der Waals surface area contributed by atoms with Crippen LogP contribution in [0.2, 0.25) is 0 Å². The van der Waals surface area contributed by atoms with E-state index in [9.17, 15) is 35.9 Å². The third kappa shape index (κ3) is 6.11. The summed E-state index contributed by atoms with van der Waals surface area (Å²) in [5.41, 5.74) is -4.13. The Morgan fingerprint density at radius 3 is 2.43 bits per heavy atom. The lowest BCUT2D eigenvalue weighted by Crippen LogP contribution is -2.59. The van der Waals surface area contributed by atoms with Crippen LogP contribution in [0.25, 0.3) is 0 Å². The van der Waals surface area contributed by atoms with Gasteiger partial charge in [-0.2, -0.15) is 31.4 Å². The molecule has 10 nitrogen and oxygen atoms in total. The topological polar surface area (TPSA) is 110 Å². The fourth-order valence-electron chi connectivity index (χ4n) is 4.41. The maximum atomic E-state index is 13.2. The zero-order valence-electron chi connectivity index (χ0n) is 19.6. The average Bonchev–Trinajstić information content (AvgIpc) is 2.79. The standard InChI is InChI=1S/C21H24F6N8O2/c1-12(30-14-8-29-32-17(36)16(14)21(25,26)27)9-33-10-13(11-33)18(37)34-4-6-35(7-5-34)19-28-3-2-15(31-19)20(22,23)24/h2-3,8,12-13H,4-7,9-11H2,1H3,(H2,30,32,36)/t12-/m0/s1. The molecule has 1 amide bonds. The summed E-state index contributed by atoms with van der Waals surface area (Å²) in [6.45, 7) is 4.03. The van der Waals surface area contributed by atoms with Crippen LogP contribution in [0, 0.1) is 5.92 Å². The molecule has 0 unspecified atom stereocenters. The van der Waals surface area contributed by atoms with Gasteiger partial charge in [-0.05, 0) is 13.0 Å². The molecule has 0 aromatic carbocycles. The molecule has 1 atom stereocenters. The van der Waals surface area contributed by atoms with E-state index in [2.05, 4.69) is 20.4 Å². The van der Waals surface area contributed by atoms with Gasteiger partial charge in [0.05, 0.1) is 17.8 Å². The summed E-state index contributed by atoms with van der Waals surface area (Å²) >= 11 is 0. The van der Waals surface area contributed by atoms with E-state index >= 15 is 0 Å². The van der Waals surface area contributed by atoms with Gasteiger partial charge in [0.2, 0.25) is 11.9 Å². The minimum atomic E-state index is -4.84. The normalized spacial score (nSPS) is 18.5. The van der Waals surface area contributed by atoms with Gasteiger partial charge in [0.1, 0.15) is 11.3 Å². The van der Waals surface area contributed by atoms with Crippen LogP contribution in [0.15, 0.2) is 23.3 Å². The minimum absolute atomic E-state index is 0.0393. The number of amides is 1. The third-order valence-electron chi connectivity index (χ3n) is 6.19. The summed E-state index contributed by atoms with van der Waals surface area (Å²) in [6.07, 6.45) is -7.45. The van der Waals surface area contributed by atoms with Crippen molar-refractivity contribution in [1.29, 1.82) is 0 Å². The molecule has 2 aromatic heterocycles. The van der Waals surface area contributed by atoms with Gasteiger partial charge in [0.25, 0.3) is 5.56 Å². The number of H-pyrrole nitrogens is 1. The molecule has 37 heavy (non-hydrogen) atoms. The van der Waals surface area contributed by atoms with Crippen LogP contribution in [0.1, 0.15) is 18.2 Å². The zero-order chi connectivity index (χ0) is 27.0. The first kappa shape index (κ1) is 26.6. The van der Waals surface area contributed by atoms with Gasteiger partial charge in [0, 0.05) is 58.1 Å². The van der Waals surface area contributed by atoms with E-state index in [-0.39, 0.29) is 30.9 Å². The van der Waals surface area contributed by atoms with E-state index in [0.717, 1.165) is 18.5 Å². The number of aromatic amines is 1. The van der Waals surface area contributed by atoms with E-state index < -0.39 is 40.9 Å². The van der Waals surface area contributed by atoms with Crippen LogP contribution in [0.4, 0.5) is 38.0 Å². The van der Waals surface area contributed by atoms with Crippen LogP contribution < -0.4 is 15.8 Å². The Balaban J connectivity index is 1.24. The first-order chi connectivity index (χ1) is 17.3. The molecule has 2 saturated heterocycles. The SMILES string of the molecule is C[C@@H](CN1CC(C(=O)N2CCN(c3nccc(C(F)(F)F)n3)CC2)C1)Nc1cn[nH]c(=O)c1C(F)(F)F. The molecule has 0 bridgehead atoms. The summed E-state index contributed by atoms with van der Waals surface area (Å²) in [5, 5.41) is 7.88. The molecule has 2 N–H and O–H groups in total. The number of alkyl halides is 6. The van der Waals surface area contributed by atoms with Gasteiger partial charge in [-0.3, -0.25) is 14.5 Å². The number of piperazine rings is 1. The largest absolute Gasteiger partial charge is 0.433 e. The molecule has 2 aromatic rings. The van der Waals surface area contributed by atoms with Crippen LogP contribution in [0.5, 0.6) is 0 Å². The number of nitrogens with one attached hydrogen (secondary N) is 2. The summed E-state index contributed by atoms with van der Waals surface area (Å²) in [4.78, 5) is 37.1. The lowest BCUT2D eigenvalue weighted by molar-refractivity contribution is -0.141. The molecule has 2 fully saturated rings. The number of carbonyl (C=O) groups is 1. The van der Waals surface area contributed by atoms with Crippen molar-refractivity contribution >= 4 is 17.5 Å². The lowest BCUT2D eigenvalue weighted by Gasteiger charge is -2.43. The van der Waals surface area contributed by atoms with Crippen LogP contribution >= 0.6 is 0 Å². The average molecular weight is 534 g/mol. The minimum Gasteiger partial charge on any atom is -0.379 e. The highest BCUT2D eigenvalue weighted by Gasteiger charge is 2.39. The summed E-state index contributed by atoms with van der Waals surface area (Å²) < 4.78 is 78.3. The molecule has 2 aliphatic heterocycles. The predicted molar refractivity (Wildman–Crippen MR) is 119 cm³/mol. The maximum absolute atomic E-state index is 13.2. The van der Waals surface area contributed by atoms with E-state index in [1.165, 1.54) is 0 Å². The Morgan fingerprint density at radius 2 is 1.81 bits per heavy atom. The van der Waals surface area contributed by atoms with Crippen molar-refractivity contribution in [3.63, 3.8) is 0 Å².